The molecule has 0 aliphatic heterocycles. The van der Waals surface area contributed by atoms with Crippen LogP contribution in [-0.4, -0.2) is 17.6 Å². The summed E-state index contributed by atoms with van der Waals surface area (Å²) in [4.78, 5) is 0. The Kier molecular flexibility index (Phi) is 5.23. The van der Waals surface area contributed by atoms with Crippen molar-refractivity contribution in [1.82, 2.24) is 0 Å². The van der Waals surface area contributed by atoms with E-state index < -0.39 is 12.5 Å². The van der Waals surface area contributed by atoms with Gasteiger partial charge in [-0.25, -0.2) is 0 Å². The largest absolute Gasteiger partial charge is 0.573 e. The maximum absolute atomic E-state index is 12.0. The van der Waals surface area contributed by atoms with E-state index in [1.807, 2.05) is 20.8 Å². The second kappa shape index (κ2) is 6.28. The minimum Gasteiger partial charge on any atom is -0.406 e. The Labute approximate surface area is 111 Å². The van der Waals surface area contributed by atoms with Gasteiger partial charge in [-0.2, -0.15) is 0 Å². The second-order valence-electron chi connectivity index (χ2n) is 5.07. The molecule has 0 aromatic heterocycles. The van der Waals surface area contributed by atoms with E-state index in [4.69, 9.17) is 0 Å². The molecule has 2 atom stereocenters. The first-order chi connectivity index (χ1) is 8.69. The number of benzene rings is 1. The lowest BCUT2D eigenvalue weighted by molar-refractivity contribution is -0.274. The van der Waals surface area contributed by atoms with Crippen LogP contribution in [0.15, 0.2) is 24.3 Å². The molecule has 5 heteroatoms. The third-order valence-corrected chi connectivity index (χ3v) is 3.26. The Bertz CT molecular complexity index is 385. The molecule has 19 heavy (non-hydrogen) atoms. The van der Waals surface area contributed by atoms with Crippen molar-refractivity contribution in [3.05, 3.63) is 29.8 Å². The highest BCUT2D eigenvalue weighted by Gasteiger charge is 2.31. The molecule has 0 fully saturated rings. The number of rotatable bonds is 5. The maximum Gasteiger partial charge on any atom is 0.573 e. The van der Waals surface area contributed by atoms with Crippen molar-refractivity contribution in [2.45, 2.75) is 39.7 Å². The highest BCUT2D eigenvalue weighted by Crippen LogP contribution is 2.24. The molecular weight excluding hydrogens is 257 g/mol. The Morgan fingerprint density at radius 3 is 2.05 bits per heavy atom. The predicted octanol–water partition coefficient (Wildman–Crippen LogP) is 3.78. The van der Waals surface area contributed by atoms with E-state index in [2.05, 4.69) is 4.74 Å². The van der Waals surface area contributed by atoms with Crippen molar-refractivity contribution in [2.75, 3.05) is 0 Å². The summed E-state index contributed by atoms with van der Waals surface area (Å²) in [6.45, 7) is 6.00. The maximum atomic E-state index is 12.0. The quantitative estimate of drug-likeness (QED) is 0.886. The zero-order valence-corrected chi connectivity index (χ0v) is 11.2. The van der Waals surface area contributed by atoms with Gasteiger partial charge in [-0.15, -0.1) is 13.2 Å². The fourth-order valence-electron chi connectivity index (χ4n) is 1.70. The Hall–Kier alpha value is -1.23. The number of alkyl halides is 3. The first kappa shape index (κ1) is 15.8. The Morgan fingerprint density at radius 2 is 1.63 bits per heavy atom. The van der Waals surface area contributed by atoms with Crippen LogP contribution in [0, 0.1) is 11.8 Å². The molecule has 0 radical (unpaired) electrons. The van der Waals surface area contributed by atoms with Crippen molar-refractivity contribution >= 4 is 0 Å². The molecular formula is C14H19F3O2. The lowest BCUT2D eigenvalue weighted by atomic mass is 9.89. The third kappa shape index (κ3) is 5.51. The van der Waals surface area contributed by atoms with Crippen LogP contribution in [0.1, 0.15) is 26.3 Å². The second-order valence-corrected chi connectivity index (χ2v) is 5.07. The van der Waals surface area contributed by atoms with Gasteiger partial charge in [0.05, 0.1) is 6.10 Å². The van der Waals surface area contributed by atoms with Crippen LogP contribution in [0.5, 0.6) is 5.75 Å². The smallest absolute Gasteiger partial charge is 0.406 e. The molecule has 108 valence electrons. The normalized spacial score (nSPS) is 15.4. The number of hydrogen-bond donors (Lipinski definition) is 1. The summed E-state index contributed by atoms with van der Waals surface area (Å²) in [6.07, 6.45) is -4.76. The van der Waals surface area contributed by atoms with Crippen molar-refractivity contribution in [3.63, 3.8) is 0 Å². The van der Waals surface area contributed by atoms with Crippen LogP contribution >= 0.6 is 0 Å². The van der Waals surface area contributed by atoms with Crippen LogP contribution in [0.25, 0.3) is 0 Å². The molecule has 2 nitrogen and oxygen atoms in total. The van der Waals surface area contributed by atoms with Gasteiger partial charge in [0.1, 0.15) is 5.75 Å². The van der Waals surface area contributed by atoms with Gasteiger partial charge in [-0.1, -0.05) is 32.9 Å². The number of ether oxygens (including phenoxy) is 1. The van der Waals surface area contributed by atoms with Gasteiger partial charge in [0.25, 0.3) is 0 Å². The van der Waals surface area contributed by atoms with E-state index in [0.717, 1.165) is 5.56 Å². The molecule has 0 amide bonds. The fraction of sp³-hybridized carbons (Fsp3) is 0.571. The molecule has 1 N–H and O–H groups in total. The summed E-state index contributed by atoms with van der Waals surface area (Å²) in [6, 6.07) is 5.60. The minimum absolute atomic E-state index is 0.131. The fourth-order valence-corrected chi connectivity index (χ4v) is 1.70. The van der Waals surface area contributed by atoms with E-state index in [1.165, 1.54) is 24.3 Å². The molecule has 1 rings (SSSR count). The molecule has 0 heterocycles. The highest BCUT2D eigenvalue weighted by molar-refractivity contribution is 5.27. The molecule has 1 aromatic carbocycles. The van der Waals surface area contributed by atoms with Crippen molar-refractivity contribution < 1.29 is 23.0 Å². The standard InChI is InChI=1S/C14H19F3O2/c1-9(2)10(3)13(18)8-11-4-6-12(7-5-11)19-14(15,16)17/h4-7,9-10,13,18H,8H2,1-3H3. The zero-order chi connectivity index (χ0) is 14.6. The average molecular weight is 276 g/mol. The van der Waals surface area contributed by atoms with Crippen molar-refractivity contribution in [3.8, 4) is 5.75 Å². The molecule has 0 aliphatic rings. The Morgan fingerprint density at radius 1 is 1.11 bits per heavy atom. The Balaban J connectivity index is 2.62. The first-order valence-electron chi connectivity index (χ1n) is 6.22. The number of aliphatic hydroxyl groups excluding tert-OH is 1. The molecule has 2 unspecified atom stereocenters. The summed E-state index contributed by atoms with van der Waals surface area (Å²) < 4.78 is 39.7. The van der Waals surface area contributed by atoms with Gasteiger partial charge in [-0.05, 0) is 36.0 Å². The summed E-state index contributed by atoms with van der Waals surface area (Å²) in [5.41, 5.74) is 0.787. The van der Waals surface area contributed by atoms with Crippen LogP contribution in [0.2, 0.25) is 0 Å². The van der Waals surface area contributed by atoms with Gasteiger partial charge >= 0.3 is 6.36 Å². The van der Waals surface area contributed by atoms with E-state index in [0.29, 0.717) is 12.3 Å². The summed E-state index contributed by atoms with van der Waals surface area (Å²) in [5, 5.41) is 9.99. The first-order valence-corrected chi connectivity index (χ1v) is 6.22. The number of hydrogen-bond acceptors (Lipinski definition) is 2. The molecule has 0 saturated carbocycles. The van der Waals surface area contributed by atoms with Gasteiger partial charge in [0, 0.05) is 0 Å². The molecule has 0 spiro atoms. The molecule has 0 saturated heterocycles. The summed E-state index contributed by atoms with van der Waals surface area (Å²) in [5.74, 6) is 0.233. The monoisotopic (exact) mass is 276 g/mol. The topological polar surface area (TPSA) is 29.5 Å². The van der Waals surface area contributed by atoms with E-state index in [1.54, 1.807) is 0 Å². The minimum atomic E-state index is -4.67. The summed E-state index contributed by atoms with van der Waals surface area (Å²) >= 11 is 0. The van der Waals surface area contributed by atoms with E-state index in [9.17, 15) is 18.3 Å². The van der Waals surface area contributed by atoms with Crippen molar-refractivity contribution in [2.24, 2.45) is 11.8 Å². The van der Waals surface area contributed by atoms with Gasteiger partial charge in [0.2, 0.25) is 0 Å². The van der Waals surface area contributed by atoms with Crippen LogP contribution in [0.3, 0.4) is 0 Å². The SMILES string of the molecule is CC(C)C(C)C(O)Cc1ccc(OC(F)(F)F)cc1. The number of aliphatic hydroxyl groups is 1. The van der Waals surface area contributed by atoms with Gasteiger partial charge in [-0.3, -0.25) is 0 Å². The molecule has 0 aliphatic carbocycles. The van der Waals surface area contributed by atoms with E-state index in [-0.39, 0.29) is 11.7 Å². The van der Waals surface area contributed by atoms with Crippen LogP contribution in [0.4, 0.5) is 13.2 Å². The third-order valence-electron chi connectivity index (χ3n) is 3.26. The van der Waals surface area contributed by atoms with Crippen LogP contribution in [-0.2, 0) is 6.42 Å². The van der Waals surface area contributed by atoms with Crippen molar-refractivity contribution in [1.29, 1.82) is 0 Å². The molecule has 1 aromatic rings. The lowest BCUT2D eigenvalue weighted by Crippen LogP contribution is -2.24. The highest BCUT2D eigenvalue weighted by atomic mass is 19.4. The number of halogens is 3. The predicted molar refractivity (Wildman–Crippen MR) is 66.8 cm³/mol. The lowest BCUT2D eigenvalue weighted by Gasteiger charge is -2.22. The van der Waals surface area contributed by atoms with Gasteiger partial charge < -0.3 is 9.84 Å². The van der Waals surface area contributed by atoms with Gasteiger partial charge in [0.15, 0.2) is 0 Å². The van der Waals surface area contributed by atoms with E-state index >= 15 is 0 Å². The molecule has 0 bridgehead atoms. The average Bonchev–Trinajstić information content (AvgIpc) is 2.28. The summed E-state index contributed by atoms with van der Waals surface area (Å²) in [7, 11) is 0. The van der Waals surface area contributed by atoms with Crippen LogP contribution < -0.4 is 4.74 Å². The zero-order valence-electron chi connectivity index (χ0n) is 11.2.